The second kappa shape index (κ2) is 6.97. The first-order valence-corrected chi connectivity index (χ1v) is 6.42. The third-order valence-corrected chi connectivity index (χ3v) is 2.98. The summed E-state index contributed by atoms with van der Waals surface area (Å²) < 4.78 is 12.0. The highest BCUT2D eigenvalue weighted by Crippen LogP contribution is 2.25. The van der Waals surface area contributed by atoms with Crippen LogP contribution in [0.1, 0.15) is 5.56 Å². The molecule has 0 bridgehead atoms. The zero-order chi connectivity index (χ0) is 14.4. The van der Waals surface area contributed by atoms with Crippen LogP contribution in [0.5, 0.6) is 0 Å². The SMILES string of the molecule is COCCOCCn1nnnc1-c1cccc(C)c1N. The van der Waals surface area contributed by atoms with Crippen molar-refractivity contribution in [2.24, 2.45) is 0 Å². The summed E-state index contributed by atoms with van der Waals surface area (Å²) in [5.41, 5.74) is 8.63. The molecule has 1 aromatic heterocycles. The van der Waals surface area contributed by atoms with Gasteiger partial charge in [-0.25, -0.2) is 4.68 Å². The first-order valence-electron chi connectivity index (χ1n) is 6.42. The quantitative estimate of drug-likeness (QED) is 0.597. The molecule has 2 rings (SSSR count). The van der Waals surface area contributed by atoms with Crippen molar-refractivity contribution in [3.8, 4) is 11.4 Å². The Kier molecular flexibility index (Phi) is 5.03. The Morgan fingerprint density at radius 3 is 2.90 bits per heavy atom. The maximum Gasteiger partial charge on any atom is 0.184 e. The van der Waals surface area contributed by atoms with E-state index in [1.165, 1.54) is 0 Å². The number of nitrogens with two attached hydrogens (primary N) is 1. The number of aryl methyl sites for hydroxylation is 1. The number of nitrogens with zero attached hydrogens (tertiary/aromatic N) is 4. The third kappa shape index (κ3) is 3.31. The smallest absolute Gasteiger partial charge is 0.184 e. The van der Waals surface area contributed by atoms with Crippen LogP contribution < -0.4 is 5.73 Å². The highest BCUT2D eigenvalue weighted by atomic mass is 16.5. The lowest BCUT2D eigenvalue weighted by molar-refractivity contribution is 0.0654. The van der Waals surface area contributed by atoms with Gasteiger partial charge in [-0.3, -0.25) is 0 Å². The highest BCUT2D eigenvalue weighted by molar-refractivity contribution is 5.73. The summed E-state index contributed by atoms with van der Waals surface area (Å²) in [5.74, 6) is 0.654. The molecule has 2 N–H and O–H groups in total. The van der Waals surface area contributed by atoms with Crippen LogP contribution in [0.2, 0.25) is 0 Å². The minimum atomic E-state index is 0.521. The molecule has 1 heterocycles. The lowest BCUT2D eigenvalue weighted by atomic mass is 10.1. The monoisotopic (exact) mass is 277 g/mol. The molecule has 0 spiro atoms. The average molecular weight is 277 g/mol. The number of nitrogen functional groups attached to an aromatic ring is 1. The third-order valence-electron chi connectivity index (χ3n) is 2.98. The van der Waals surface area contributed by atoms with E-state index in [4.69, 9.17) is 15.2 Å². The zero-order valence-corrected chi connectivity index (χ0v) is 11.7. The van der Waals surface area contributed by atoms with E-state index < -0.39 is 0 Å². The second-order valence-electron chi connectivity index (χ2n) is 4.37. The minimum absolute atomic E-state index is 0.521. The summed E-state index contributed by atoms with van der Waals surface area (Å²) in [6, 6.07) is 5.81. The van der Waals surface area contributed by atoms with Gasteiger partial charge in [0.15, 0.2) is 5.82 Å². The van der Waals surface area contributed by atoms with Gasteiger partial charge in [0.25, 0.3) is 0 Å². The number of methoxy groups -OCH3 is 1. The molecule has 108 valence electrons. The summed E-state index contributed by atoms with van der Waals surface area (Å²) in [4.78, 5) is 0. The van der Waals surface area contributed by atoms with Crippen LogP contribution in [0.3, 0.4) is 0 Å². The lowest BCUT2D eigenvalue weighted by Gasteiger charge is -2.09. The van der Waals surface area contributed by atoms with Gasteiger partial charge >= 0.3 is 0 Å². The average Bonchev–Trinajstić information content (AvgIpc) is 2.90. The fourth-order valence-electron chi connectivity index (χ4n) is 1.82. The van der Waals surface area contributed by atoms with Gasteiger partial charge in [0.1, 0.15) is 0 Å². The largest absolute Gasteiger partial charge is 0.398 e. The Bertz CT molecular complexity index is 555. The Morgan fingerprint density at radius 1 is 1.25 bits per heavy atom. The van der Waals surface area contributed by atoms with E-state index in [0.29, 0.717) is 37.9 Å². The molecule has 0 fully saturated rings. The Hall–Kier alpha value is -1.99. The molecule has 0 radical (unpaired) electrons. The highest BCUT2D eigenvalue weighted by Gasteiger charge is 2.12. The molecule has 0 aliphatic heterocycles. The van der Waals surface area contributed by atoms with Gasteiger partial charge in [0, 0.05) is 18.4 Å². The predicted molar refractivity (Wildman–Crippen MR) is 75.1 cm³/mol. The van der Waals surface area contributed by atoms with Crippen molar-refractivity contribution in [1.82, 2.24) is 20.2 Å². The number of aromatic nitrogens is 4. The molecule has 7 nitrogen and oxygen atoms in total. The van der Waals surface area contributed by atoms with Crippen LogP contribution in [-0.4, -0.2) is 47.1 Å². The van der Waals surface area contributed by atoms with Crippen LogP contribution in [0.4, 0.5) is 5.69 Å². The minimum Gasteiger partial charge on any atom is -0.398 e. The summed E-state index contributed by atoms with van der Waals surface area (Å²) in [6.07, 6.45) is 0. The topological polar surface area (TPSA) is 88.1 Å². The van der Waals surface area contributed by atoms with E-state index in [2.05, 4.69) is 15.5 Å². The molecule has 7 heteroatoms. The van der Waals surface area contributed by atoms with E-state index in [0.717, 1.165) is 11.1 Å². The summed E-state index contributed by atoms with van der Waals surface area (Å²) in [5, 5.41) is 11.7. The second-order valence-corrected chi connectivity index (χ2v) is 4.37. The molecular weight excluding hydrogens is 258 g/mol. The molecular formula is C13H19N5O2. The summed E-state index contributed by atoms with van der Waals surface area (Å²) >= 11 is 0. The summed E-state index contributed by atoms with van der Waals surface area (Å²) in [7, 11) is 1.64. The van der Waals surface area contributed by atoms with E-state index >= 15 is 0 Å². The van der Waals surface area contributed by atoms with Crippen molar-refractivity contribution in [2.75, 3.05) is 32.7 Å². The van der Waals surface area contributed by atoms with Gasteiger partial charge in [0.05, 0.1) is 26.4 Å². The van der Waals surface area contributed by atoms with Crippen LogP contribution in [0.25, 0.3) is 11.4 Å². The van der Waals surface area contributed by atoms with Crippen molar-refractivity contribution in [3.05, 3.63) is 23.8 Å². The van der Waals surface area contributed by atoms with Gasteiger partial charge in [-0.2, -0.15) is 0 Å². The molecule has 2 aromatic rings. The number of para-hydroxylation sites is 1. The number of hydrogen-bond donors (Lipinski definition) is 1. The Balaban J connectivity index is 2.06. The number of anilines is 1. The van der Waals surface area contributed by atoms with Crippen molar-refractivity contribution in [3.63, 3.8) is 0 Å². The number of rotatable bonds is 7. The van der Waals surface area contributed by atoms with Crippen LogP contribution in [0.15, 0.2) is 18.2 Å². The van der Waals surface area contributed by atoms with Crippen molar-refractivity contribution in [2.45, 2.75) is 13.5 Å². The summed E-state index contributed by atoms with van der Waals surface area (Å²) in [6.45, 7) is 4.18. The fraction of sp³-hybridized carbons (Fsp3) is 0.462. The van der Waals surface area contributed by atoms with Crippen molar-refractivity contribution in [1.29, 1.82) is 0 Å². The maximum absolute atomic E-state index is 6.08. The van der Waals surface area contributed by atoms with E-state index in [1.54, 1.807) is 11.8 Å². The van der Waals surface area contributed by atoms with E-state index in [-0.39, 0.29) is 0 Å². The molecule has 0 aliphatic carbocycles. The fourth-order valence-corrected chi connectivity index (χ4v) is 1.82. The molecule has 0 saturated heterocycles. The molecule has 0 aliphatic rings. The molecule has 0 saturated carbocycles. The van der Waals surface area contributed by atoms with Gasteiger partial charge in [0.2, 0.25) is 0 Å². The molecule has 1 aromatic carbocycles. The van der Waals surface area contributed by atoms with Crippen LogP contribution in [0, 0.1) is 6.92 Å². The number of ether oxygens (including phenoxy) is 2. The molecule has 0 atom stereocenters. The number of benzene rings is 1. The van der Waals surface area contributed by atoms with Gasteiger partial charge in [-0.05, 0) is 29.0 Å². The lowest BCUT2D eigenvalue weighted by Crippen LogP contribution is -2.12. The first kappa shape index (κ1) is 14.4. The number of hydrogen-bond acceptors (Lipinski definition) is 6. The normalized spacial score (nSPS) is 10.9. The van der Waals surface area contributed by atoms with Gasteiger partial charge < -0.3 is 15.2 Å². The number of tetrazole rings is 1. The van der Waals surface area contributed by atoms with Crippen molar-refractivity contribution >= 4 is 5.69 Å². The first-order chi connectivity index (χ1) is 9.74. The molecule has 0 amide bonds. The Labute approximate surface area is 117 Å². The van der Waals surface area contributed by atoms with Crippen LogP contribution in [-0.2, 0) is 16.0 Å². The maximum atomic E-state index is 6.08. The molecule has 0 unspecified atom stereocenters. The molecule has 20 heavy (non-hydrogen) atoms. The van der Waals surface area contributed by atoms with E-state index in [9.17, 15) is 0 Å². The standard InChI is InChI=1S/C13H19N5O2/c1-10-4-3-5-11(12(10)14)13-15-16-17-18(13)6-7-20-9-8-19-2/h3-5H,6-9,14H2,1-2H3. The van der Waals surface area contributed by atoms with E-state index in [1.807, 2.05) is 25.1 Å². The predicted octanol–water partition coefficient (Wildman–Crippen LogP) is 0.894. The Morgan fingerprint density at radius 2 is 2.10 bits per heavy atom. The van der Waals surface area contributed by atoms with Gasteiger partial charge in [-0.1, -0.05) is 12.1 Å². The van der Waals surface area contributed by atoms with Gasteiger partial charge in [-0.15, -0.1) is 5.10 Å². The van der Waals surface area contributed by atoms with Crippen LogP contribution >= 0.6 is 0 Å². The van der Waals surface area contributed by atoms with Crippen molar-refractivity contribution < 1.29 is 9.47 Å². The zero-order valence-electron chi connectivity index (χ0n) is 11.7.